The lowest BCUT2D eigenvalue weighted by Gasteiger charge is -2.06. The van der Waals surface area contributed by atoms with Crippen molar-refractivity contribution in [2.45, 2.75) is 10.6 Å². The molecule has 2 N–H and O–H groups in total. The Bertz CT molecular complexity index is 788. The van der Waals surface area contributed by atoms with Crippen LogP contribution in [0.2, 0.25) is 0 Å². The van der Waals surface area contributed by atoms with Gasteiger partial charge in [-0.3, -0.25) is 10.1 Å². The van der Waals surface area contributed by atoms with Gasteiger partial charge in [-0.15, -0.1) is 0 Å². The van der Waals surface area contributed by atoms with Gasteiger partial charge in [-0.25, -0.2) is 8.42 Å². The molecule has 2 aromatic carbocycles. The first-order chi connectivity index (χ1) is 9.81. The fourth-order valence-electron chi connectivity index (χ4n) is 1.78. The van der Waals surface area contributed by atoms with Crippen LogP contribution >= 0.6 is 0 Å². The van der Waals surface area contributed by atoms with E-state index >= 15 is 0 Å². The summed E-state index contributed by atoms with van der Waals surface area (Å²) in [6.07, 6.45) is 0. The molecule has 0 radical (unpaired) electrons. The van der Waals surface area contributed by atoms with Crippen LogP contribution in [-0.2, 0) is 15.6 Å². The highest BCUT2D eigenvalue weighted by Gasteiger charge is 2.22. The van der Waals surface area contributed by atoms with Gasteiger partial charge in [0.1, 0.15) is 0 Å². The van der Waals surface area contributed by atoms with E-state index in [1.807, 2.05) is 0 Å². The average molecular weight is 310 g/mol. The van der Waals surface area contributed by atoms with Crippen LogP contribution in [0.5, 0.6) is 0 Å². The number of nitrogens with zero attached hydrogens (tertiary/aromatic N) is 1. The van der Waals surface area contributed by atoms with Gasteiger partial charge >= 0.3 is 5.69 Å². The summed E-state index contributed by atoms with van der Waals surface area (Å²) in [7, 11) is -3.81. The minimum absolute atomic E-state index is 0.0254. The zero-order valence-electron chi connectivity index (χ0n) is 10.7. The van der Waals surface area contributed by atoms with Crippen LogP contribution in [0.4, 0.5) is 15.8 Å². The van der Waals surface area contributed by atoms with Crippen molar-refractivity contribution in [1.82, 2.24) is 0 Å². The number of rotatable bonds is 4. The van der Waals surface area contributed by atoms with E-state index in [1.165, 1.54) is 36.4 Å². The summed E-state index contributed by atoms with van der Waals surface area (Å²) >= 11 is 0. The number of benzene rings is 2. The summed E-state index contributed by atoms with van der Waals surface area (Å²) in [5, 5.41) is 10.6. The van der Waals surface area contributed by atoms with Gasteiger partial charge in [0.2, 0.25) is 5.82 Å². The van der Waals surface area contributed by atoms with Gasteiger partial charge in [0.05, 0.1) is 15.6 Å². The molecular formula is C13H11FN2O4S. The predicted molar refractivity (Wildman–Crippen MR) is 74.8 cm³/mol. The van der Waals surface area contributed by atoms with E-state index in [4.69, 9.17) is 5.73 Å². The number of nitro benzene ring substituents is 1. The maximum Gasteiger partial charge on any atom is 0.305 e. The Kier molecular flexibility index (Phi) is 3.90. The zero-order valence-corrected chi connectivity index (χ0v) is 11.5. The molecule has 0 aliphatic heterocycles. The van der Waals surface area contributed by atoms with Crippen molar-refractivity contribution in [1.29, 1.82) is 0 Å². The number of nitrogens with two attached hydrogens (primary N) is 1. The SMILES string of the molecule is Nc1ccc(S(=O)(=O)Cc2cccc([N+](=O)[O-])c2F)cc1. The van der Waals surface area contributed by atoms with Gasteiger partial charge in [0, 0.05) is 17.3 Å². The average Bonchev–Trinajstić information content (AvgIpc) is 2.41. The van der Waals surface area contributed by atoms with Crippen molar-refractivity contribution in [3.05, 3.63) is 64.0 Å². The molecule has 0 unspecified atom stereocenters. The molecule has 0 spiro atoms. The van der Waals surface area contributed by atoms with E-state index in [-0.39, 0.29) is 10.5 Å². The second kappa shape index (κ2) is 5.49. The highest BCUT2D eigenvalue weighted by Crippen LogP contribution is 2.24. The summed E-state index contributed by atoms with van der Waals surface area (Å²) in [5.74, 6) is -1.80. The Hall–Kier alpha value is -2.48. The molecule has 6 nitrogen and oxygen atoms in total. The van der Waals surface area contributed by atoms with Gasteiger partial charge in [-0.2, -0.15) is 4.39 Å². The summed E-state index contributed by atoms with van der Waals surface area (Å²) in [6, 6.07) is 8.87. The van der Waals surface area contributed by atoms with Gasteiger partial charge in [0.15, 0.2) is 9.84 Å². The molecule has 8 heteroatoms. The van der Waals surface area contributed by atoms with E-state index in [2.05, 4.69) is 0 Å². The van der Waals surface area contributed by atoms with Crippen molar-refractivity contribution in [3.8, 4) is 0 Å². The normalized spacial score (nSPS) is 11.3. The molecule has 2 aromatic rings. The molecule has 0 amide bonds. The minimum Gasteiger partial charge on any atom is -0.399 e. The van der Waals surface area contributed by atoms with Crippen LogP contribution in [0.1, 0.15) is 5.56 Å². The van der Waals surface area contributed by atoms with Gasteiger partial charge < -0.3 is 5.73 Å². The second-order valence-corrected chi connectivity index (χ2v) is 6.33. The molecule has 0 bridgehead atoms. The molecule has 0 saturated heterocycles. The summed E-state index contributed by atoms with van der Waals surface area (Å²) < 4.78 is 38.2. The maximum absolute atomic E-state index is 13.9. The minimum atomic E-state index is -3.81. The van der Waals surface area contributed by atoms with E-state index in [0.29, 0.717) is 5.69 Å². The summed E-state index contributed by atoms with van der Waals surface area (Å²) in [4.78, 5) is 9.73. The maximum atomic E-state index is 13.9. The first kappa shape index (κ1) is 14.9. The highest BCUT2D eigenvalue weighted by molar-refractivity contribution is 7.90. The lowest BCUT2D eigenvalue weighted by molar-refractivity contribution is -0.387. The van der Waals surface area contributed by atoms with Crippen LogP contribution in [0, 0.1) is 15.9 Å². The van der Waals surface area contributed by atoms with Crippen LogP contribution in [0.15, 0.2) is 47.4 Å². The Labute approximate surface area is 120 Å². The van der Waals surface area contributed by atoms with E-state index in [9.17, 15) is 22.9 Å². The van der Waals surface area contributed by atoms with Gasteiger partial charge in [-0.05, 0) is 24.3 Å². The quantitative estimate of drug-likeness (QED) is 0.530. The molecule has 21 heavy (non-hydrogen) atoms. The molecule has 2 rings (SSSR count). The van der Waals surface area contributed by atoms with Gasteiger partial charge in [0.25, 0.3) is 0 Å². The fraction of sp³-hybridized carbons (Fsp3) is 0.0769. The highest BCUT2D eigenvalue weighted by atomic mass is 32.2. The lowest BCUT2D eigenvalue weighted by Crippen LogP contribution is -2.07. The Balaban J connectivity index is 2.39. The largest absolute Gasteiger partial charge is 0.399 e. The van der Waals surface area contributed by atoms with E-state index in [0.717, 1.165) is 6.07 Å². The monoisotopic (exact) mass is 310 g/mol. The second-order valence-electron chi connectivity index (χ2n) is 4.34. The van der Waals surface area contributed by atoms with Crippen molar-refractivity contribution < 1.29 is 17.7 Å². The first-order valence-electron chi connectivity index (χ1n) is 5.81. The topological polar surface area (TPSA) is 103 Å². The number of sulfone groups is 1. The third kappa shape index (κ3) is 3.16. The van der Waals surface area contributed by atoms with Crippen molar-refractivity contribution in [2.24, 2.45) is 0 Å². The number of hydrogen-bond donors (Lipinski definition) is 1. The molecule has 0 atom stereocenters. The number of nitro groups is 1. The molecule has 0 saturated carbocycles. The zero-order chi connectivity index (χ0) is 15.6. The summed E-state index contributed by atoms with van der Waals surface area (Å²) in [6.45, 7) is 0. The van der Waals surface area contributed by atoms with Crippen molar-refractivity contribution in [3.63, 3.8) is 0 Å². The van der Waals surface area contributed by atoms with E-state index in [1.54, 1.807) is 0 Å². The molecule has 110 valence electrons. The molecule has 0 fully saturated rings. The van der Waals surface area contributed by atoms with Crippen LogP contribution < -0.4 is 5.73 Å². The fourth-order valence-corrected chi connectivity index (χ4v) is 3.13. The number of hydrogen-bond acceptors (Lipinski definition) is 5. The molecule has 0 aliphatic rings. The molecule has 0 aliphatic carbocycles. The third-order valence-corrected chi connectivity index (χ3v) is 4.52. The van der Waals surface area contributed by atoms with E-state index < -0.39 is 32.0 Å². The smallest absolute Gasteiger partial charge is 0.305 e. The van der Waals surface area contributed by atoms with Crippen molar-refractivity contribution in [2.75, 3.05) is 5.73 Å². The number of nitrogen functional groups attached to an aromatic ring is 1. The van der Waals surface area contributed by atoms with Crippen LogP contribution in [0.25, 0.3) is 0 Å². The van der Waals surface area contributed by atoms with Crippen LogP contribution in [0.3, 0.4) is 0 Å². The Morgan fingerprint density at radius 3 is 2.33 bits per heavy atom. The van der Waals surface area contributed by atoms with Gasteiger partial charge in [-0.1, -0.05) is 12.1 Å². The first-order valence-corrected chi connectivity index (χ1v) is 7.46. The third-order valence-electron chi connectivity index (χ3n) is 2.84. The molecule has 0 aromatic heterocycles. The van der Waals surface area contributed by atoms with Crippen molar-refractivity contribution >= 4 is 21.2 Å². The summed E-state index contributed by atoms with van der Waals surface area (Å²) in [5.41, 5.74) is 4.87. The Morgan fingerprint density at radius 1 is 1.14 bits per heavy atom. The van der Waals surface area contributed by atoms with Crippen LogP contribution in [-0.4, -0.2) is 13.3 Å². The number of halogens is 1. The lowest BCUT2D eigenvalue weighted by atomic mass is 10.2. The molecular weight excluding hydrogens is 299 g/mol. The number of anilines is 1. The standard InChI is InChI=1S/C13H11FN2O4S/c14-13-9(2-1-3-12(13)16(17)18)8-21(19,20)11-6-4-10(15)5-7-11/h1-7H,8,15H2. The molecule has 0 heterocycles. The Morgan fingerprint density at radius 2 is 1.76 bits per heavy atom. The predicted octanol–water partition coefficient (Wildman–Crippen LogP) is 2.29.